The molecule has 1 aromatic rings. The second-order valence-electron chi connectivity index (χ2n) is 6.26. The number of ether oxygens (including phenoxy) is 2. The molecular weight excluding hydrogens is 326 g/mol. The first-order chi connectivity index (χ1) is 11.9. The zero-order chi connectivity index (χ0) is 18.2. The molecule has 2 bridgehead atoms. The van der Waals surface area contributed by atoms with Gasteiger partial charge in [0.15, 0.2) is 0 Å². The van der Waals surface area contributed by atoms with Gasteiger partial charge in [-0.1, -0.05) is 18.2 Å². The van der Waals surface area contributed by atoms with Crippen molar-refractivity contribution in [3.8, 4) is 0 Å². The first kappa shape index (κ1) is 17.2. The first-order valence-corrected chi connectivity index (χ1v) is 8.04. The van der Waals surface area contributed by atoms with Gasteiger partial charge in [0, 0.05) is 5.69 Å². The van der Waals surface area contributed by atoms with Crippen LogP contribution in [-0.2, 0) is 19.1 Å². The van der Waals surface area contributed by atoms with Gasteiger partial charge in [-0.3, -0.25) is 9.59 Å². The molecule has 2 aliphatic heterocycles. The molecule has 7 heteroatoms. The number of benzene rings is 1. The highest BCUT2D eigenvalue weighted by atomic mass is 16.5. The van der Waals surface area contributed by atoms with Crippen molar-refractivity contribution < 1.29 is 29.0 Å². The minimum Gasteiger partial charge on any atom is -0.481 e. The summed E-state index contributed by atoms with van der Waals surface area (Å²) in [5.41, 5.74) is -0.240. The van der Waals surface area contributed by atoms with E-state index in [9.17, 15) is 19.5 Å². The Balaban J connectivity index is 1.80. The van der Waals surface area contributed by atoms with Gasteiger partial charge in [-0.2, -0.15) is 0 Å². The van der Waals surface area contributed by atoms with Crippen molar-refractivity contribution in [2.24, 2.45) is 11.8 Å². The number of carbonyl (C=O) groups is 3. The van der Waals surface area contributed by atoms with Gasteiger partial charge in [-0.05, 0) is 32.0 Å². The molecule has 0 radical (unpaired) electrons. The van der Waals surface area contributed by atoms with E-state index in [-0.39, 0.29) is 6.61 Å². The number of fused-ring (bicyclic) bond motifs is 2. The lowest BCUT2D eigenvalue weighted by Crippen LogP contribution is -2.44. The Kier molecular flexibility index (Phi) is 4.34. The molecule has 2 aliphatic rings. The van der Waals surface area contributed by atoms with Gasteiger partial charge in [0.2, 0.25) is 5.91 Å². The highest BCUT2D eigenvalue weighted by Gasteiger charge is 2.59. The first-order valence-electron chi connectivity index (χ1n) is 8.04. The number of anilines is 1. The van der Waals surface area contributed by atoms with Crippen LogP contribution in [0.5, 0.6) is 0 Å². The maximum atomic E-state index is 12.7. The number of carbonyl (C=O) groups excluding carboxylic acids is 2. The molecule has 2 heterocycles. The van der Waals surface area contributed by atoms with Gasteiger partial charge < -0.3 is 19.9 Å². The smallest absolute Gasteiger partial charge is 0.338 e. The summed E-state index contributed by atoms with van der Waals surface area (Å²) in [7, 11) is 0. The molecule has 1 saturated heterocycles. The van der Waals surface area contributed by atoms with E-state index >= 15 is 0 Å². The topological polar surface area (TPSA) is 102 Å². The lowest BCUT2D eigenvalue weighted by Gasteiger charge is -2.27. The summed E-state index contributed by atoms with van der Waals surface area (Å²) in [6, 6.07) is 6.33. The summed E-state index contributed by atoms with van der Waals surface area (Å²) in [4.78, 5) is 36.1. The van der Waals surface area contributed by atoms with Crippen molar-refractivity contribution in [2.45, 2.75) is 25.6 Å². The summed E-state index contributed by atoms with van der Waals surface area (Å²) in [6.07, 6.45) is 2.81. The largest absolute Gasteiger partial charge is 0.481 e. The number of nitrogens with one attached hydrogen (secondary N) is 1. The van der Waals surface area contributed by atoms with Gasteiger partial charge in [0.25, 0.3) is 0 Å². The lowest BCUT2D eigenvalue weighted by atomic mass is 9.75. The van der Waals surface area contributed by atoms with Gasteiger partial charge >= 0.3 is 11.9 Å². The fraction of sp³-hybridized carbons (Fsp3) is 0.389. The Morgan fingerprint density at radius 2 is 2.12 bits per heavy atom. The molecule has 7 nitrogen and oxygen atoms in total. The highest BCUT2D eigenvalue weighted by Crippen LogP contribution is 2.47. The van der Waals surface area contributed by atoms with E-state index in [0.717, 1.165) is 0 Å². The minimum atomic E-state index is -1.07. The van der Waals surface area contributed by atoms with Crippen molar-refractivity contribution >= 4 is 23.5 Å². The number of carboxylic acid groups (broad SMARTS) is 1. The van der Waals surface area contributed by atoms with Crippen LogP contribution in [0.25, 0.3) is 0 Å². The summed E-state index contributed by atoms with van der Waals surface area (Å²) in [6.45, 7) is 3.66. The van der Waals surface area contributed by atoms with E-state index in [1.54, 1.807) is 44.2 Å². The average molecular weight is 345 g/mol. The van der Waals surface area contributed by atoms with Crippen molar-refractivity contribution in [3.63, 3.8) is 0 Å². The van der Waals surface area contributed by atoms with Gasteiger partial charge in [0.05, 0.1) is 29.8 Å². The number of esters is 1. The fourth-order valence-corrected chi connectivity index (χ4v) is 3.44. The third-order valence-electron chi connectivity index (χ3n) is 4.55. The predicted octanol–water partition coefficient (Wildman–Crippen LogP) is 1.85. The standard InChI is InChI=1S/C18H19NO6/c1-3-24-17(23)10-5-4-6-11(9-10)19-15(20)14-13(16(21)22)12-7-8-18(14,2)25-12/h4-9,12-14H,3H2,1-2H3,(H,19,20)(H,21,22). The quantitative estimate of drug-likeness (QED) is 0.624. The Morgan fingerprint density at radius 3 is 2.80 bits per heavy atom. The van der Waals surface area contributed by atoms with Crippen LogP contribution in [0.3, 0.4) is 0 Å². The number of hydrogen-bond donors (Lipinski definition) is 2. The Hall–Kier alpha value is -2.67. The number of rotatable bonds is 5. The number of aliphatic carboxylic acids is 1. The third kappa shape index (κ3) is 3.02. The molecule has 0 saturated carbocycles. The Labute approximate surface area is 144 Å². The zero-order valence-electron chi connectivity index (χ0n) is 13.9. The third-order valence-corrected chi connectivity index (χ3v) is 4.55. The molecule has 4 atom stereocenters. The zero-order valence-corrected chi connectivity index (χ0v) is 13.9. The van der Waals surface area contributed by atoms with Crippen molar-refractivity contribution in [1.29, 1.82) is 0 Å². The molecule has 25 heavy (non-hydrogen) atoms. The normalized spacial score (nSPS) is 29.4. The van der Waals surface area contributed by atoms with Crippen LogP contribution in [0.2, 0.25) is 0 Å². The molecule has 0 spiro atoms. The molecule has 1 amide bonds. The van der Waals surface area contributed by atoms with Gasteiger partial charge in [-0.25, -0.2) is 4.79 Å². The minimum absolute atomic E-state index is 0.251. The van der Waals surface area contributed by atoms with Crippen LogP contribution in [0.1, 0.15) is 24.2 Å². The average Bonchev–Trinajstić information content (AvgIpc) is 3.08. The van der Waals surface area contributed by atoms with Crippen molar-refractivity contribution in [1.82, 2.24) is 0 Å². The fourth-order valence-electron chi connectivity index (χ4n) is 3.44. The van der Waals surface area contributed by atoms with E-state index < -0.39 is 41.4 Å². The van der Waals surface area contributed by atoms with Crippen molar-refractivity contribution in [3.05, 3.63) is 42.0 Å². The predicted molar refractivity (Wildman–Crippen MR) is 88.1 cm³/mol. The number of carboxylic acids is 1. The van der Waals surface area contributed by atoms with Crippen molar-refractivity contribution in [2.75, 3.05) is 11.9 Å². The van der Waals surface area contributed by atoms with E-state index in [1.807, 2.05) is 0 Å². The molecule has 3 rings (SSSR count). The molecule has 1 aromatic carbocycles. The van der Waals surface area contributed by atoms with E-state index in [2.05, 4.69) is 5.32 Å². The van der Waals surface area contributed by atoms with Gasteiger partial charge in [0.1, 0.15) is 5.92 Å². The molecule has 2 N–H and O–H groups in total. The summed E-state index contributed by atoms with van der Waals surface area (Å²) < 4.78 is 10.6. The molecule has 0 aliphatic carbocycles. The van der Waals surface area contributed by atoms with Crippen LogP contribution in [0.4, 0.5) is 5.69 Å². The molecular formula is C18H19NO6. The van der Waals surface area contributed by atoms with Crippen LogP contribution >= 0.6 is 0 Å². The lowest BCUT2D eigenvalue weighted by molar-refractivity contribution is -0.146. The van der Waals surface area contributed by atoms with E-state index in [1.165, 1.54) is 6.07 Å². The highest BCUT2D eigenvalue weighted by molar-refractivity contribution is 5.98. The summed E-state index contributed by atoms with van der Waals surface area (Å²) >= 11 is 0. The van der Waals surface area contributed by atoms with E-state index in [0.29, 0.717) is 11.3 Å². The number of amides is 1. The van der Waals surface area contributed by atoms with Crippen LogP contribution in [0.15, 0.2) is 36.4 Å². The monoisotopic (exact) mass is 345 g/mol. The van der Waals surface area contributed by atoms with Crippen LogP contribution in [-0.4, -0.2) is 41.3 Å². The van der Waals surface area contributed by atoms with E-state index in [4.69, 9.17) is 9.47 Å². The molecule has 1 fully saturated rings. The summed E-state index contributed by atoms with van der Waals surface area (Å²) in [5.74, 6) is -3.81. The number of hydrogen-bond acceptors (Lipinski definition) is 5. The Morgan fingerprint density at radius 1 is 1.36 bits per heavy atom. The second kappa shape index (κ2) is 6.33. The SMILES string of the molecule is CCOC(=O)c1cccc(NC(=O)C2C(C(=O)O)C3C=CC2(C)O3)c1. The van der Waals surface area contributed by atoms with Gasteiger partial charge in [-0.15, -0.1) is 0 Å². The van der Waals surface area contributed by atoms with Crippen LogP contribution < -0.4 is 5.32 Å². The molecule has 4 unspecified atom stereocenters. The maximum absolute atomic E-state index is 12.7. The molecule has 0 aromatic heterocycles. The molecule has 132 valence electrons. The maximum Gasteiger partial charge on any atom is 0.338 e. The Bertz CT molecular complexity index is 758. The second-order valence-corrected chi connectivity index (χ2v) is 6.26. The summed E-state index contributed by atoms with van der Waals surface area (Å²) in [5, 5.41) is 12.1. The van der Waals surface area contributed by atoms with Crippen LogP contribution in [0, 0.1) is 11.8 Å².